The number of halogens is 2. The molecule has 1 aliphatic heterocycles. The van der Waals surface area contributed by atoms with Crippen molar-refractivity contribution < 1.29 is 17.2 Å². The van der Waals surface area contributed by atoms with E-state index in [1.165, 1.54) is 12.3 Å². The molecule has 0 radical (unpaired) electrons. The van der Waals surface area contributed by atoms with Crippen LogP contribution in [-0.4, -0.2) is 38.4 Å². The molecule has 1 heterocycles. The summed E-state index contributed by atoms with van der Waals surface area (Å²) in [6.07, 6.45) is 3.08. The van der Waals surface area contributed by atoms with Crippen molar-refractivity contribution in [1.29, 1.82) is 0 Å². The first-order chi connectivity index (χ1) is 11.8. The number of nitrogens with zero attached hydrogens (tertiary/aromatic N) is 1. The lowest BCUT2D eigenvalue weighted by Gasteiger charge is -2.24. The predicted molar refractivity (Wildman–Crippen MR) is 94.8 cm³/mol. The zero-order valence-electron chi connectivity index (χ0n) is 13.8. The van der Waals surface area contributed by atoms with Crippen LogP contribution in [0.25, 0.3) is 5.57 Å². The molecule has 0 amide bonds. The molecule has 0 unspecified atom stereocenters. The van der Waals surface area contributed by atoms with E-state index >= 15 is 0 Å². The minimum Gasteiger partial charge on any atom is -0.288 e. The maximum atomic E-state index is 14.1. The van der Waals surface area contributed by atoms with Crippen molar-refractivity contribution in [3.05, 3.63) is 77.4 Å². The third kappa shape index (κ3) is 4.32. The van der Waals surface area contributed by atoms with Crippen molar-refractivity contribution in [1.82, 2.24) is 4.90 Å². The lowest BCUT2D eigenvalue weighted by molar-refractivity contribution is 0.294. The van der Waals surface area contributed by atoms with Gasteiger partial charge in [0.25, 0.3) is 0 Å². The van der Waals surface area contributed by atoms with Crippen LogP contribution in [0.4, 0.5) is 8.78 Å². The van der Waals surface area contributed by atoms with E-state index in [9.17, 15) is 17.2 Å². The molecule has 3 nitrogen and oxygen atoms in total. The molecule has 0 aliphatic carbocycles. The molecule has 0 bridgehead atoms. The first-order valence-corrected chi connectivity index (χ1v) is 10.0. The van der Waals surface area contributed by atoms with Crippen LogP contribution < -0.4 is 0 Å². The van der Waals surface area contributed by atoms with Crippen molar-refractivity contribution >= 4 is 15.4 Å². The molecule has 2 aromatic carbocycles. The van der Waals surface area contributed by atoms with Crippen LogP contribution in [-0.2, 0) is 9.84 Å². The highest BCUT2D eigenvalue weighted by atomic mass is 32.2. The Hall–Kier alpha value is -2.05. The van der Waals surface area contributed by atoms with Gasteiger partial charge in [-0.2, -0.15) is 0 Å². The van der Waals surface area contributed by atoms with Gasteiger partial charge in [0.2, 0.25) is 0 Å². The lowest BCUT2D eigenvalue weighted by Crippen LogP contribution is -2.29. The standard InChI is InChI=1S/C19H19F2NO2S/c1-25(23,24)10-9-22-13-15(17-12-16(20)7-8-18(17)21)11-19(22)14-5-3-2-4-6-14/h2-8,11-12,19H,9-10,13H2,1H3/t19-/m0/s1. The Labute approximate surface area is 146 Å². The predicted octanol–water partition coefficient (Wildman–Crippen LogP) is 3.45. The van der Waals surface area contributed by atoms with Gasteiger partial charge in [-0.3, -0.25) is 4.90 Å². The van der Waals surface area contributed by atoms with E-state index in [-0.39, 0.29) is 17.4 Å². The molecule has 25 heavy (non-hydrogen) atoms. The molecule has 2 aromatic rings. The minimum atomic E-state index is -3.11. The molecule has 0 N–H and O–H groups in total. The van der Waals surface area contributed by atoms with Gasteiger partial charge in [0, 0.05) is 24.9 Å². The first-order valence-electron chi connectivity index (χ1n) is 7.96. The normalized spacial score (nSPS) is 18.4. The molecular formula is C19H19F2NO2S. The smallest absolute Gasteiger partial charge is 0.148 e. The fourth-order valence-corrected chi connectivity index (χ4v) is 3.61. The van der Waals surface area contributed by atoms with Gasteiger partial charge in [0.15, 0.2) is 0 Å². The summed E-state index contributed by atoms with van der Waals surface area (Å²) in [6.45, 7) is 0.699. The Bertz CT molecular complexity index is 895. The number of benzene rings is 2. The fraction of sp³-hybridized carbons (Fsp3) is 0.263. The maximum absolute atomic E-state index is 14.1. The van der Waals surface area contributed by atoms with E-state index < -0.39 is 21.5 Å². The van der Waals surface area contributed by atoms with Crippen LogP contribution in [0.15, 0.2) is 54.6 Å². The summed E-state index contributed by atoms with van der Waals surface area (Å²) in [6, 6.07) is 12.8. The molecule has 132 valence electrons. The largest absolute Gasteiger partial charge is 0.288 e. The maximum Gasteiger partial charge on any atom is 0.148 e. The molecule has 3 rings (SSSR count). The van der Waals surface area contributed by atoms with Crippen molar-refractivity contribution in [2.45, 2.75) is 6.04 Å². The summed E-state index contributed by atoms with van der Waals surface area (Å²) in [4.78, 5) is 1.97. The van der Waals surface area contributed by atoms with Crippen molar-refractivity contribution in [2.75, 3.05) is 25.1 Å². The molecule has 0 aromatic heterocycles. The Kier molecular flexibility index (Phi) is 5.01. The Morgan fingerprint density at radius 1 is 1.12 bits per heavy atom. The van der Waals surface area contributed by atoms with Crippen molar-refractivity contribution in [3.8, 4) is 0 Å². The highest BCUT2D eigenvalue weighted by molar-refractivity contribution is 7.90. The summed E-state index contributed by atoms with van der Waals surface area (Å²) in [7, 11) is -3.11. The third-order valence-corrected chi connectivity index (χ3v) is 5.21. The van der Waals surface area contributed by atoms with E-state index in [0.717, 1.165) is 17.7 Å². The van der Waals surface area contributed by atoms with Crippen LogP contribution in [0.5, 0.6) is 0 Å². The number of sulfone groups is 1. The van der Waals surface area contributed by atoms with Gasteiger partial charge in [-0.15, -0.1) is 0 Å². The van der Waals surface area contributed by atoms with Gasteiger partial charge >= 0.3 is 0 Å². The second-order valence-electron chi connectivity index (χ2n) is 6.27. The number of hydrogen-bond donors (Lipinski definition) is 0. The van der Waals surface area contributed by atoms with E-state index in [1.54, 1.807) is 0 Å². The fourth-order valence-electron chi connectivity index (χ4n) is 3.04. The molecule has 6 heteroatoms. The van der Waals surface area contributed by atoms with Gasteiger partial charge in [-0.1, -0.05) is 36.4 Å². The lowest BCUT2D eigenvalue weighted by atomic mass is 10.0. The average molecular weight is 363 g/mol. The van der Waals surface area contributed by atoms with Crippen LogP contribution in [0.2, 0.25) is 0 Å². The van der Waals surface area contributed by atoms with Crippen LogP contribution >= 0.6 is 0 Å². The van der Waals surface area contributed by atoms with Crippen LogP contribution in [0, 0.1) is 11.6 Å². The van der Waals surface area contributed by atoms with Gasteiger partial charge in [-0.05, 0) is 29.3 Å². The van der Waals surface area contributed by atoms with Crippen LogP contribution in [0.1, 0.15) is 17.2 Å². The van der Waals surface area contributed by atoms with Gasteiger partial charge < -0.3 is 0 Å². The first kappa shape index (κ1) is 17.8. The summed E-state index contributed by atoms with van der Waals surface area (Å²) in [5, 5.41) is 0. The number of hydrogen-bond acceptors (Lipinski definition) is 3. The average Bonchev–Trinajstić information content (AvgIpc) is 2.99. The SMILES string of the molecule is CS(=O)(=O)CCN1CC(c2cc(F)ccc2F)=C[C@H]1c1ccccc1. The molecule has 0 spiro atoms. The third-order valence-electron chi connectivity index (χ3n) is 4.29. The quantitative estimate of drug-likeness (QED) is 0.817. The number of rotatable bonds is 5. The molecule has 1 aliphatic rings. The highest BCUT2D eigenvalue weighted by Crippen LogP contribution is 2.35. The Balaban J connectivity index is 1.94. The Morgan fingerprint density at radius 3 is 2.52 bits per heavy atom. The topological polar surface area (TPSA) is 37.4 Å². The van der Waals surface area contributed by atoms with E-state index in [0.29, 0.717) is 18.7 Å². The Morgan fingerprint density at radius 2 is 1.84 bits per heavy atom. The highest BCUT2D eigenvalue weighted by Gasteiger charge is 2.28. The zero-order chi connectivity index (χ0) is 18.0. The van der Waals surface area contributed by atoms with E-state index in [1.807, 2.05) is 41.3 Å². The molecule has 0 saturated carbocycles. The van der Waals surface area contributed by atoms with Gasteiger partial charge in [0.05, 0.1) is 11.8 Å². The zero-order valence-corrected chi connectivity index (χ0v) is 14.6. The minimum absolute atomic E-state index is 0.0170. The molecular weight excluding hydrogens is 344 g/mol. The summed E-state index contributed by atoms with van der Waals surface area (Å²) < 4.78 is 50.7. The second-order valence-corrected chi connectivity index (χ2v) is 8.53. The second kappa shape index (κ2) is 7.06. The summed E-state index contributed by atoms with van der Waals surface area (Å²) >= 11 is 0. The summed E-state index contributed by atoms with van der Waals surface area (Å²) in [5.41, 5.74) is 1.88. The van der Waals surface area contributed by atoms with E-state index in [2.05, 4.69) is 0 Å². The van der Waals surface area contributed by atoms with Crippen LogP contribution in [0.3, 0.4) is 0 Å². The van der Waals surface area contributed by atoms with Crippen molar-refractivity contribution in [3.63, 3.8) is 0 Å². The van der Waals surface area contributed by atoms with Crippen molar-refractivity contribution in [2.24, 2.45) is 0 Å². The monoisotopic (exact) mass is 363 g/mol. The molecule has 0 fully saturated rings. The molecule has 0 saturated heterocycles. The molecule has 1 atom stereocenters. The van der Waals surface area contributed by atoms with Gasteiger partial charge in [0.1, 0.15) is 21.5 Å². The van der Waals surface area contributed by atoms with Gasteiger partial charge in [-0.25, -0.2) is 17.2 Å². The van der Waals surface area contributed by atoms with E-state index in [4.69, 9.17) is 0 Å². The summed E-state index contributed by atoms with van der Waals surface area (Å²) in [5.74, 6) is -0.962.